The van der Waals surface area contributed by atoms with Gasteiger partial charge in [-0.2, -0.15) is 0 Å². The van der Waals surface area contributed by atoms with Crippen molar-refractivity contribution in [1.29, 1.82) is 0 Å². The number of ether oxygens (including phenoxy) is 2. The summed E-state index contributed by atoms with van der Waals surface area (Å²) in [7, 11) is 0. The molecule has 2 aliphatic rings. The van der Waals surface area contributed by atoms with Crippen molar-refractivity contribution < 1.29 is 14.3 Å². The van der Waals surface area contributed by atoms with E-state index >= 15 is 0 Å². The van der Waals surface area contributed by atoms with Gasteiger partial charge in [0.15, 0.2) is 16.7 Å². The van der Waals surface area contributed by atoms with Crippen LogP contribution in [0.2, 0.25) is 0 Å². The average Bonchev–Trinajstić information content (AvgIpc) is 3.44. The molecule has 3 aromatic rings. The van der Waals surface area contributed by atoms with Gasteiger partial charge in [-0.3, -0.25) is 4.79 Å². The molecule has 0 saturated carbocycles. The van der Waals surface area contributed by atoms with Crippen LogP contribution in [0.4, 0.5) is 5.69 Å². The zero-order valence-corrected chi connectivity index (χ0v) is 21.1. The van der Waals surface area contributed by atoms with Gasteiger partial charge in [0.2, 0.25) is 6.79 Å². The zero-order chi connectivity index (χ0) is 23.3. The molecule has 168 valence electrons. The molecule has 33 heavy (non-hydrogen) atoms. The number of hydrogen-bond acceptors (Lipinski definition) is 5. The molecule has 6 nitrogen and oxygen atoms in total. The Morgan fingerprint density at radius 2 is 1.79 bits per heavy atom. The molecule has 1 fully saturated rings. The Bertz CT molecular complexity index is 1350. The number of carbonyl (C=O) groups is 1. The fraction of sp³-hybridized carbons (Fsp3) is 0.200. The van der Waals surface area contributed by atoms with Crippen LogP contribution in [-0.4, -0.2) is 22.4 Å². The molecule has 0 unspecified atom stereocenters. The van der Waals surface area contributed by atoms with Crippen LogP contribution in [0.25, 0.3) is 11.8 Å². The lowest BCUT2D eigenvalue weighted by Crippen LogP contribution is -2.19. The lowest BCUT2D eigenvalue weighted by atomic mass is 10.1. The summed E-state index contributed by atoms with van der Waals surface area (Å²) in [5.74, 6) is 1.35. The molecule has 0 aliphatic carbocycles. The molecule has 8 heteroatoms. The Balaban J connectivity index is 1.44. The van der Waals surface area contributed by atoms with E-state index in [1.54, 1.807) is 0 Å². The second-order valence-electron chi connectivity index (χ2n) is 8.07. The highest BCUT2D eigenvalue weighted by Crippen LogP contribution is 2.36. The summed E-state index contributed by atoms with van der Waals surface area (Å²) in [4.78, 5) is 17.9. The number of nitrogens with one attached hydrogen (secondary N) is 1. The second kappa shape index (κ2) is 8.43. The zero-order valence-electron chi connectivity index (χ0n) is 18.7. The number of nitrogens with zero attached hydrogens (tertiary/aromatic N) is 2. The fourth-order valence-corrected chi connectivity index (χ4v) is 5.14. The Hall–Kier alpha value is -2.97. The van der Waals surface area contributed by atoms with Crippen molar-refractivity contribution >= 4 is 50.5 Å². The number of rotatable bonds is 3. The Kier molecular flexibility index (Phi) is 5.58. The molecule has 0 radical (unpaired) electrons. The van der Waals surface area contributed by atoms with Gasteiger partial charge >= 0.3 is 0 Å². The van der Waals surface area contributed by atoms with E-state index in [0.29, 0.717) is 10.1 Å². The van der Waals surface area contributed by atoms with Gasteiger partial charge in [-0.15, -0.1) is 0 Å². The normalized spacial score (nSPS) is 17.3. The maximum atomic E-state index is 12.6. The van der Waals surface area contributed by atoms with E-state index in [1.165, 1.54) is 11.8 Å². The summed E-state index contributed by atoms with van der Waals surface area (Å²) in [5, 5.41) is 3.46. The number of aromatic nitrogens is 1. The van der Waals surface area contributed by atoms with E-state index in [9.17, 15) is 4.79 Å². The van der Waals surface area contributed by atoms with Crippen molar-refractivity contribution in [2.45, 2.75) is 27.7 Å². The first-order valence-electron chi connectivity index (χ1n) is 10.5. The summed E-state index contributed by atoms with van der Waals surface area (Å²) < 4.78 is 14.2. The van der Waals surface area contributed by atoms with Crippen molar-refractivity contribution in [3.8, 4) is 17.2 Å². The first kappa shape index (κ1) is 21.9. The second-order valence-corrected chi connectivity index (χ2v) is 9.90. The predicted molar refractivity (Wildman–Crippen MR) is 136 cm³/mol. The molecule has 0 atom stereocenters. The third kappa shape index (κ3) is 4.09. The summed E-state index contributed by atoms with van der Waals surface area (Å²) in [6.07, 6.45) is 1.92. The number of aliphatic imine (C=N–C) groups is 1. The van der Waals surface area contributed by atoms with Gasteiger partial charge in [0, 0.05) is 27.6 Å². The third-order valence-electron chi connectivity index (χ3n) is 5.67. The summed E-state index contributed by atoms with van der Waals surface area (Å²) in [5.41, 5.74) is 7.11. The SMILES string of the molecule is Cc1cc(N=C2NC(=O)/C(=C/c3cc(C)n(-c4ccc5c(c4)OCO5)c3C)S2)cc(C)c1Br. The van der Waals surface area contributed by atoms with Gasteiger partial charge in [-0.1, -0.05) is 15.9 Å². The maximum absolute atomic E-state index is 12.6. The highest BCUT2D eigenvalue weighted by Gasteiger charge is 2.25. The van der Waals surface area contributed by atoms with Crippen LogP contribution in [0.1, 0.15) is 28.1 Å². The first-order chi connectivity index (χ1) is 15.8. The van der Waals surface area contributed by atoms with Gasteiger partial charge in [0.1, 0.15) is 0 Å². The number of carbonyl (C=O) groups excluding carboxylic acids is 1. The number of aryl methyl sites for hydroxylation is 3. The number of thioether (sulfide) groups is 1. The van der Waals surface area contributed by atoms with Crippen molar-refractivity contribution in [1.82, 2.24) is 9.88 Å². The van der Waals surface area contributed by atoms with Crippen LogP contribution in [0.3, 0.4) is 0 Å². The monoisotopic (exact) mass is 523 g/mol. The highest BCUT2D eigenvalue weighted by atomic mass is 79.9. The molecule has 1 aromatic heterocycles. The molecule has 0 bridgehead atoms. The van der Waals surface area contributed by atoms with Gasteiger partial charge < -0.3 is 19.4 Å². The number of amides is 1. The van der Waals surface area contributed by atoms with Crippen LogP contribution in [-0.2, 0) is 4.79 Å². The number of benzene rings is 2. The smallest absolute Gasteiger partial charge is 0.264 e. The molecule has 2 aromatic carbocycles. The third-order valence-corrected chi connectivity index (χ3v) is 7.83. The van der Waals surface area contributed by atoms with Crippen molar-refractivity contribution in [2.24, 2.45) is 4.99 Å². The van der Waals surface area contributed by atoms with E-state index in [2.05, 4.69) is 36.9 Å². The minimum Gasteiger partial charge on any atom is -0.454 e. The minimum absolute atomic E-state index is 0.141. The molecule has 1 saturated heterocycles. The first-order valence-corrected chi connectivity index (χ1v) is 12.1. The lowest BCUT2D eigenvalue weighted by Gasteiger charge is -2.10. The van der Waals surface area contributed by atoms with E-state index in [4.69, 9.17) is 9.47 Å². The molecule has 2 aliphatic heterocycles. The van der Waals surface area contributed by atoms with Crippen molar-refractivity contribution in [3.63, 3.8) is 0 Å². The lowest BCUT2D eigenvalue weighted by molar-refractivity contribution is -0.115. The van der Waals surface area contributed by atoms with E-state index in [1.807, 2.05) is 64.1 Å². The van der Waals surface area contributed by atoms with Crippen LogP contribution in [0.5, 0.6) is 11.5 Å². The fourth-order valence-electron chi connectivity index (χ4n) is 4.08. The van der Waals surface area contributed by atoms with Gasteiger partial charge in [-0.05, 0) is 92.6 Å². The standard InChI is InChI=1S/C25H22BrN3O3S/c1-13-7-18(8-14(2)23(13)26)27-25-28-24(30)22(33-25)10-17-9-15(3)29(16(17)4)19-5-6-20-21(11-19)32-12-31-20/h5-11H,12H2,1-4H3,(H,27,28,30)/b22-10-. The largest absolute Gasteiger partial charge is 0.454 e. The number of amidine groups is 1. The summed E-state index contributed by atoms with van der Waals surface area (Å²) in [6, 6.07) is 12.0. The molecule has 5 rings (SSSR count). The topological polar surface area (TPSA) is 64.9 Å². The van der Waals surface area contributed by atoms with Crippen molar-refractivity contribution in [3.05, 3.63) is 73.9 Å². The molecule has 1 N–H and O–H groups in total. The Morgan fingerprint density at radius 3 is 2.55 bits per heavy atom. The van der Waals surface area contributed by atoms with Gasteiger partial charge in [0.05, 0.1) is 10.6 Å². The van der Waals surface area contributed by atoms with Crippen LogP contribution in [0, 0.1) is 27.7 Å². The maximum Gasteiger partial charge on any atom is 0.264 e. The molecular weight excluding hydrogens is 502 g/mol. The predicted octanol–water partition coefficient (Wildman–Crippen LogP) is 6.09. The van der Waals surface area contributed by atoms with E-state index in [-0.39, 0.29) is 12.7 Å². The number of halogens is 1. The highest BCUT2D eigenvalue weighted by molar-refractivity contribution is 9.10. The van der Waals surface area contributed by atoms with Gasteiger partial charge in [-0.25, -0.2) is 4.99 Å². The average molecular weight is 524 g/mol. The van der Waals surface area contributed by atoms with Crippen LogP contribution < -0.4 is 14.8 Å². The molecule has 3 heterocycles. The van der Waals surface area contributed by atoms with Gasteiger partial charge in [0.25, 0.3) is 5.91 Å². The van der Waals surface area contributed by atoms with E-state index in [0.717, 1.165) is 55.4 Å². The summed E-state index contributed by atoms with van der Waals surface area (Å²) >= 11 is 4.93. The Labute approximate surface area is 204 Å². The van der Waals surface area contributed by atoms with E-state index < -0.39 is 0 Å². The Morgan fingerprint density at radius 1 is 1.06 bits per heavy atom. The quantitative estimate of drug-likeness (QED) is 0.421. The molecule has 0 spiro atoms. The van der Waals surface area contributed by atoms with Crippen LogP contribution in [0.15, 0.2) is 50.8 Å². The molecular formula is C25H22BrN3O3S. The van der Waals surface area contributed by atoms with Crippen molar-refractivity contribution in [2.75, 3.05) is 6.79 Å². The minimum atomic E-state index is -0.141. The summed E-state index contributed by atoms with van der Waals surface area (Å²) in [6.45, 7) is 8.40. The number of fused-ring (bicyclic) bond motifs is 1. The number of hydrogen-bond donors (Lipinski definition) is 1. The molecule has 1 amide bonds. The van der Waals surface area contributed by atoms with Crippen LogP contribution >= 0.6 is 27.7 Å².